The molecular formula is C5H2BrN3O. The molecule has 0 radical (unpaired) electrons. The van der Waals surface area contributed by atoms with E-state index in [2.05, 4.69) is 26.1 Å². The van der Waals surface area contributed by atoms with E-state index in [1.165, 1.54) is 6.07 Å². The van der Waals surface area contributed by atoms with Crippen molar-refractivity contribution >= 4 is 15.9 Å². The minimum Gasteiger partial charge on any atom is -0.267 e. The van der Waals surface area contributed by atoms with Crippen molar-refractivity contribution < 1.29 is 0 Å². The number of H-pyrrole nitrogens is 1. The van der Waals surface area contributed by atoms with Gasteiger partial charge in [0.05, 0.1) is 4.47 Å². The molecular weight excluding hydrogens is 198 g/mol. The van der Waals surface area contributed by atoms with Crippen molar-refractivity contribution in [2.24, 2.45) is 0 Å². The number of nitrogens with zero attached hydrogens (tertiary/aromatic N) is 2. The summed E-state index contributed by atoms with van der Waals surface area (Å²) < 4.78 is 0.319. The molecule has 0 aliphatic carbocycles. The number of rotatable bonds is 0. The maximum absolute atomic E-state index is 10.6. The molecule has 0 spiro atoms. The van der Waals surface area contributed by atoms with E-state index in [0.29, 0.717) is 4.47 Å². The molecule has 1 N–H and O–H groups in total. The summed E-state index contributed by atoms with van der Waals surface area (Å²) >= 11 is 2.95. The highest BCUT2D eigenvalue weighted by Gasteiger charge is 1.96. The lowest BCUT2D eigenvalue weighted by Gasteiger charge is -1.86. The Balaban J connectivity index is 3.34. The summed E-state index contributed by atoms with van der Waals surface area (Å²) in [5, 5.41) is 13.9. The Hall–Kier alpha value is -1.15. The molecule has 5 heteroatoms. The molecule has 1 aromatic rings. The molecule has 4 nitrogen and oxygen atoms in total. The Labute approximate surface area is 64.6 Å². The van der Waals surface area contributed by atoms with Gasteiger partial charge < -0.3 is 0 Å². The average molecular weight is 200 g/mol. The Morgan fingerprint density at radius 3 is 3.00 bits per heavy atom. The molecule has 0 saturated carbocycles. The van der Waals surface area contributed by atoms with Gasteiger partial charge in [-0.2, -0.15) is 10.4 Å². The van der Waals surface area contributed by atoms with Crippen LogP contribution in [0.15, 0.2) is 15.3 Å². The standard InChI is InChI=1S/C5H2BrN3O/c6-4-1-3(2-7)8-9-5(4)10/h1H,(H,9,10). The Morgan fingerprint density at radius 2 is 2.50 bits per heavy atom. The SMILES string of the molecule is N#Cc1cc(Br)c(=O)[nH]n1. The van der Waals surface area contributed by atoms with Crippen LogP contribution < -0.4 is 5.56 Å². The smallest absolute Gasteiger partial charge is 0.267 e. The zero-order chi connectivity index (χ0) is 7.56. The first-order valence-electron chi connectivity index (χ1n) is 2.39. The fraction of sp³-hybridized carbons (Fsp3) is 0. The first kappa shape index (κ1) is 6.96. The van der Waals surface area contributed by atoms with Gasteiger partial charge in [0.1, 0.15) is 6.07 Å². The fourth-order valence-electron chi connectivity index (χ4n) is 0.440. The normalized spacial score (nSPS) is 8.80. The van der Waals surface area contributed by atoms with Gasteiger partial charge in [-0.3, -0.25) is 4.79 Å². The summed E-state index contributed by atoms with van der Waals surface area (Å²) in [6, 6.07) is 3.14. The van der Waals surface area contributed by atoms with Gasteiger partial charge in [-0.25, -0.2) is 5.10 Å². The first-order valence-corrected chi connectivity index (χ1v) is 3.18. The molecule has 0 aliphatic heterocycles. The molecule has 1 heterocycles. The number of aromatic nitrogens is 2. The number of halogens is 1. The molecule has 0 bridgehead atoms. The Morgan fingerprint density at radius 1 is 1.80 bits per heavy atom. The van der Waals surface area contributed by atoms with Crippen LogP contribution in [0.25, 0.3) is 0 Å². The van der Waals surface area contributed by atoms with Crippen LogP contribution in [0.5, 0.6) is 0 Å². The molecule has 50 valence electrons. The maximum Gasteiger partial charge on any atom is 0.278 e. The number of aromatic amines is 1. The third-order valence-corrected chi connectivity index (χ3v) is 1.46. The highest BCUT2D eigenvalue weighted by molar-refractivity contribution is 9.10. The van der Waals surface area contributed by atoms with Gasteiger partial charge in [0.15, 0.2) is 5.69 Å². The number of hydrogen-bond donors (Lipinski definition) is 1. The summed E-state index contributed by atoms with van der Waals surface area (Å²) in [6.07, 6.45) is 0. The van der Waals surface area contributed by atoms with Gasteiger partial charge in [-0.05, 0) is 22.0 Å². The highest BCUT2D eigenvalue weighted by atomic mass is 79.9. The molecule has 10 heavy (non-hydrogen) atoms. The minimum absolute atomic E-state index is 0.187. The van der Waals surface area contributed by atoms with Crippen molar-refractivity contribution in [2.75, 3.05) is 0 Å². The number of hydrogen-bond acceptors (Lipinski definition) is 3. The van der Waals surface area contributed by atoms with Crippen molar-refractivity contribution in [1.82, 2.24) is 10.2 Å². The molecule has 1 rings (SSSR count). The quantitative estimate of drug-likeness (QED) is 0.658. The third-order valence-electron chi connectivity index (χ3n) is 0.873. The second-order valence-electron chi connectivity index (χ2n) is 1.54. The first-order chi connectivity index (χ1) is 4.74. The van der Waals surface area contributed by atoms with Gasteiger partial charge >= 0.3 is 0 Å². The van der Waals surface area contributed by atoms with Crippen molar-refractivity contribution in [2.45, 2.75) is 0 Å². The molecule has 0 amide bonds. The van der Waals surface area contributed by atoms with E-state index in [9.17, 15) is 4.79 Å². The average Bonchev–Trinajstić information content (AvgIpc) is 1.95. The molecule has 0 aliphatic rings. The summed E-state index contributed by atoms with van der Waals surface area (Å²) in [5.74, 6) is 0. The van der Waals surface area contributed by atoms with Crippen LogP contribution in [0.2, 0.25) is 0 Å². The Bertz CT molecular complexity index is 337. The largest absolute Gasteiger partial charge is 0.278 e. The lowest BCUT2D eigenvalue weighted by atomic mass is 10.4. The summed E-state index contributed by atoms with van der Waals surface area (Å²) in [7, 11) is 0. The summed E-state index contributed by atoms with van der Waals surface area (Å²) in [5.41, 5.74) is -0.148. The predicted octanol–water partition coefficient (Wildman–Crippen LogP) is 0.404. The van der Waals surface area contributed by atoms with Crippen LogP contribution in [-0.4, -0.2) is 10.2 Å². The van der Waals surface area contributed by atoms with Crippen molar-refractivity contribution in [3.63, 3.8) is 0 Å². The molecule has 1 aromatic heterocycles. The molecule has 0 saturated heterocycles. The van der Waals surface area contributed by atoms with E-state index >= 15 is 0 Å². The van der Waals surface area contributed by atoms with E-state index in [0.717, 1.165) is 0 Å². The van der Waals surface area contributed by atoms with Crippen LogP contribution >= 0.6 is 15.9 Å². The van der Waals surface area contributed by atoms with Crippen LogP contribution in [0.1, 0.15) is 5.69 Å². The zero-order valence-corrected chi connectivity index (χ0v) is 6.34. The van der Waals surface area contributed by atoms with E-state index in [4.69, 9.17) is 5.26 Å². The molecule has 0 atom stereocenters. The molecule has 0 unspecified atom stereocenters. The topological polar surface area (TPSA) is 69.5 Å². The summed E-state index contributed by atoms with van der Waals surface area (Å²) in [6.45, 7) is 0. The van der Waals surface area contributed by atoms with Crippen molar-refractivity contribution in [3.8, 4) is 6.07 Å². The molecule has 0 fully saturated rings. The van der Waals surface area contributed by atoms with Gasteiger partial charge in [-0.15, -0.1) is 0 Å². The van der Waals surface area contributed by atoms with Crippen LogP contribution in [0.3, 0.4) is 0 Å². The zero-order valence-electron chi connectivity index (χ0n) is 4.76. The lowest BCUT2D eigenvalue weighted by molar-refractivity contribution is 0.961. The maximum atomic E-state index is 10.6. The van der Waals surface area contributed by atoms with E-state index in [1.807, 2.05) is 0 Å². The summed E-state index contributed by atoms with van der Waals surface area (Å²) in [4.78, 5) is 10.6. The number of nitrogens with one attached hydrogen (secondary N) is 1. The second-order valence-corrected chi connectivity index (χ2v) is 2.40. The van der Waals surface area contributed by atoms with Crippen molar-refractivity contribution in [3.05, 3.63) is 26.6 Å². The predicted molar refractivity (Wildman–Crippen MR) is 37.3 cm³/mol. The van der Waals surface area contributed by atoms with E-state index < -0.39 is 0 Å². The van der Waals surface area contributed by atoms with E-state index in [1.54, 1.807) is 6.07 Å². The van der Waals surface area contributed by atoms with Gasteiger partial charge in [0, 0.05) is 0 Å². The van der Waals surface area contributed by atoms with Gasteiger partial charge in [0.2, 0.25) is 0 Å². The van der Waals surface area contributed by atoms with Crippen LogP contribution in [0, 0.1) is 11.3 Å². The van der Waals surface area contributed by atoms with Crippen LogP contribution in [-0.2, 0) is 0 Å². The Kier molecular flexibility index (Phi) is 1.83. The lowest BCUT2D eigenvalue weighted by Crippen LogP contribution is -2.08. The second kappa shape index (κ2) is 2.62. The van der Waals surface area contributed by atoms with Crippen molar-refractivity contribution in [1.29, 1.82) is 5.26 Å². The third kappa shape index (κ3) is 1.22. The van der Waals surface area contributed by atoms with Gasteiger partial charge in [0.25, 0.3) is 5.56 Å². The monoisotopic (exact) mass is 199 g/mol. The minimum atomic E-state index is -0.334. The van der Waals surface area contributed by atoms with Crippen LogP contribution in [0.4, 0.5) is 0 Å². The van der Waals surface area contributed by atoms with Gasteiger partial charge in [-0.1, -0.05) is 0 Å². The highest BCUT2D eigenvalue weighted by Crippen LogP contribution is 2.00. The number of nitriles is 1. The fourth-order valence-corrected chi connectivity index (χ4v) is 0.745. The van der Waals surface area contributed by atoms with E-state index in [-0.39, 0.29) is 11.3 Å². The molecule has 0 aromatic carbocycles.